The van der Waals surface area contributed by atoms with E-state index in [9.17, 15) is 4.79 Å². The van der Waals surface area contributed by atoms with Gasteiger partial charge in [0.05, 0.1) is 0 Å². The number of hydrogen-bond acceptors (Lipinski definition) is 1. The van der Waals surface area contributed by atoms with E-state index in [0.717, 1.165) is 5.57 Å². The topological polar surface area (TPSA) is 17.1 Å². The van der Waals surface area contributed by atoms with Gasteiger partial charge in [-0.1, -0.05) is 72.8 Å². The average Bonchev–Trinajstić information content (AvgIpc) is 2.73. The lowest BCUT2D eigenvalue weighted by Crippen LogP contribution is -1.99. The second-order valence-corrected chi connectivity index (χ2v) is 5.41. The molecular weight excluding hydrogens is 268 g/mol. The summed E-state index contributed by atoms with van der Waals surface area (Å²) in [5.41, 5.74) is 7.03. The first-order valence-corrected chi connectivity index (χ1v) is 7.34. The van der Waals surface area contributed by atoms with E-state index >= 15 is 0 Å². The number of carbonyl (C=O) groups excluding carboxylic acids is 1. The van der Waals surface area contributed by atoms with E-state index in [1.807, 2.05) is 12.2 Å². The monoisotopic (exact) mass is 282 g/mol. The van der Waals surface area contributed by atoms with Gasteiger partial charge in [0.25, 0.3) is 0 Å². The van der Waals surface area contributed by atoms with E-state index in [2.05, 4.69) is 60.7 Å². The van der Waals surface area contributed by atoms with Crippen molar-refractivity contribution in [1.82, 2.24) is 0 Å². The second-order valence-electron chi connectivity index (χ2n) is 5.41. The molecule has 0 amide bonds. The molecule has 2 aromatic rings. The summed E-state index contributed by atoms with van der Waals surface area (Å²) in [5, 5.41) is 0. The molecule has 0 heterocycles. The van der Waals surface area contributed by atoms with Crippen molar-refractivity contribution in [3.05, 3.63) is 101 Å². The fourth-order valence-electron chi connectivity index (χ4n) is 3.00. The van der Waals surface area contributed by atoms with Gasteiger partial charge in [-0.15, -0.1) is 0 Å². The van der Waals surface area contributed by atoms with E-state index in [0.29, 0.717) is 0 Å². The maximum Gasteiger partial charge on any atom is 0.178 e. The van der Waals surface area contributed by atoms with Crippen molar-refractivity contribution in [3.8, 4) is 0 Å². The van der Waals surface area contributed by atoms with Crippen LogP contribution >= 0.6 is 0 Å². The number of carbonyl (C=O) groups is 1. The minimum atomic E-state index is 0.0395. The molecule has 2 aromatic carbocycles. The molecule has 0 saturated heterocycles. The lowest BCUT2D eigenvalue weighted by atomic mass is 9.88. The Morgan fingerprint density at radius 3 is 1.59 bits per heavy atom. The lowest BCUT2D eigenvalue weighted by molar-refractivity contribution is -0.110. The second kappa shape index (κ2) is 5.12. The number of fused-ring (bicyclic) bond motifs is 2. The predicted octanol–water partition coefficient (Wildman–Crippen LogP) is 4.67. The normalized spacial score (nSPS) is 15.5. The quantitative estimate of drug-likeness (QED) is 0.585. The van der Waals surface area contributed by atoms with E-state index in [1.165, 1.54) is 27.8 Å². The molecule has 0 saturated carbocycles. The minimum absolute atomic E-state index is 0.0395. The minimum Gasteiger partial charge on any atom is -0.290 e. The van der Waals surface area contributed by atoms with Gasteiger partial charge in [-0.3, -0.25) is 4.79 Å². The van der Waals surface area contributed by atoms with Gasteiger partial charge in [-0.2, -0.15) is 0 Å². The fourth-order valence-corrected chi connectivity index (χ4v) is 3.00. The van der Waals surface area contributed by atoms with Crippen molar-refractivity contribution in [2.24, 2.45) is 0 Å². The van der Waals surface area contributed by atoms with Crippen molar-refractivity contribution in [1.29, 1.82) is 0 Å². The van der Waals surface area contributed by atoms with Crippen molar-refractivity contribution in [2.75, 3.05) is 0 Å². The van der Waals surface area contributed by atoms with Crippen LogP contribution in [0, 0.1) is 0 Å². The van der Waals surface area contributed by atoms with Gasteiger partial charge in [0, 0.05) is 0 Å². The number of rotatable bonds is 0. The van der Waals surface area contributed by atoms with Crippen LogP contribution in [-0.4, -0.2) is 5.78 Å². The Hall–Kier alpha value is -2.93. The third-order valence-corrected chi connectivity index (χ3v) is 4.05. The van der Waals surface area contributed by atoms with E-state index < -0.39 is 0 Å². The van der Waals surface area contributed by atoms with Crippen LogP contribution in [-0.2, 0) is 4.79 Å². The van der Waals surface area contributed by atoms with Gasteiger partial charge in [0.15, 0.2) is 5.78 Å². The van der Waals surface area contributed by atoms with Crippen LogP contribution in [0.4, 0.5) is 0 Å². The lowest BCUT2D eigenvalue weighted by Gasteiger charge is -2.15. The maximum absolute atomic E-state index is 11.4. The molecule has 0 aliphatic heterocycles. The van der Waals surface area contributed by atoms with Gasteiger partial charge in [-0.25, -0.2) is 0 Å². The van der Waals surface area contributed by atoms with Gasteiger partial charge < -0.3 is 0 Å². The summed E-state index contributed by atoms with van der Waals surface area (Å²) < 4.78 is 0. The Morgan fingerprint density at radius 1 is 0.545 bits per heavy atom. The summed E-state index contributed by atoms with van der Waals surface area (Å²) in [6.07, 6.45) is 11.4. The van der Waals surface area contributed by atoms with Crippen LogP contribution in [0.3, 0.4) is 0 Å². The Kier molecular flexibility index (Phi) is 2.97. The summed E-state index contributed by atoms with van der Waals surface area (Å²) in [7, 11) is 0. The first-order valence-electron chi connectivity index (χ1n) is 7.34. The number of ketones is 1. The molecule has 0 bridgehead atoms. The van der Waals surface area contributed by atoms with Crippen LogP contribution in [0.25, 0.3) is 17.7 Å². The molecule has 0 radical (unpaired) electrons. The van der Waals surface area contributed by atoms with Gasteiger partial charge in [-0.05, 0) is 45.6 Å². The third kappa shape index (κ3) is 2.08. The SMILES string of the molecule is O=C1C=CC(=C2c3ccccc3C=Cc3ccccc32)C=C1. The van der Waals surface area contributed by atoms with Crippen LogP contribution in [0.5, 0.6) is 0 Å². The van der Waals surface area contributed by atoms with E-state index in [1.54, 1.807) is 12.2 Å². The van der Waals surface area contributed by atoms with Gasteiger partial charge >= 0.3 is 0 Å². The molecule has 104 valence electrons. The summed E-state index contributed by atoms with van der Waals surface area (Å²) in [6, 6.07) is 16.8. The largest absolute Gasteiger partial charge is 0.290 e. The Morgan fingerprint density at radius 2 is 1.05 bits per heavy atom. The van der Waals surface area contributed by atoms with Crippen LogP contribution in [0.2, 0.25) is 0 Å². The summed E-state index contributed by atoms with van der Waals surface area (Å²) in [6.45, 7) is 0. The molecule has 1 heteroatoms. The Labute approximate surface area is 129 Å². The maximum atomic E-state index is 11.4. The van der Waals surface area contributed by atoms with E-state index in [4.69, 9.17) is 0 Å². The standard InChI is InChI=1S/C21H14O/c22-18-13-11-17(12-14-18)21-19-7-3-1-5-15(19)9-10-16-6-2-4-8-20(16)21/h1-14H. The highest BCUT2D eigenvalue weighted by Gasteiger charge is 2.17. The number of hydrogen-bond donors (Lipinski definition) is 0. The van der Waals surface area contributed by atoms with Crippen molar-refractivity contribution in [2.45, 2.75) is 0 Å². The Balaban J connectivity index is 2.07. The first-order chi connectivity index (χ1) is 10.8. The molecule has 4 rings (SSSR count). The predicted molar refractivity (Wildman–Crippen MR) is 91.1 cm³/mol. The highest BCUT2D eigenvalue weighted by atomic mass is 16.1. The molecule has 0 aromatic heterocycles. The molecule has 2 aliphatic carbocycles. The third-order valence-electron chi connectivity index (χ3n) is 4.05. The first kappa shape index (κ1) is 12.8. The van der Waals surface area contributed by atoms with Gasteiger partial charge in [0.2, 0.25) is 0 Å². The molecule has 1 nitrogen and oxygen atoms in total. The number of allylic oxidation sites excluding steroid dienone is 5. The molecule has 0 spiro atoms. The van der Waals surface area contributed by atoms with Crippen molar-refractivity contribution >= 4 is 23.5 Å². The van der Waals surface area contributed by atoms with Crippen molar-refractivity contribution < 1.29 is 4.79 Å². The zero-order valence-electron chi connectivity index (χ0n) is 12.0. The zero-order valence-corrected chi connectivity index (χ0v) is 12.0. The summed E-state index contributed by atoms with van der Waals surface area (Å²) >= 11 is 0. The molecule has 22 heavy (non-hydrogen) atoms. The molecule has 0 N–H and O–H groups in total. The van der Waals surface area contributed by atoms with Gasteiger partial charge in [0.1, 0.15) is 0 Å². The molecule has 0 fully saturated rings. The number of benzene rings is 2. The van der Waals surface area contributed by atoms with Crippen molar-refractivity contribution in [3.63, 3.8) is 0 Å². The molecule has 0 unspecified atom stereocenters. The zero-order chi connectivity index (χ0) is 14.9. The van der Waals surface area contributed by atoms with Crippen LogP contribution in [0.15, 0.2) is 78.4 Å². The summed E-state index contributed by atoms with van der Waals surface area (Å²) in [5.74, 6) is 0.0395. The smallest absolute Gasteiger partial charge is 0.178 e. The molecular formula is C21H14O. The van der Waals surface area contributed by atoms with E-state index in [-0.39, 0.29) is 5.78 Å². The summed E-state index contributed by atoms with van der Waals surface area (Å²) in [4.78, 5) is 11.4. The highest BCUT2D eigenvalue weighted by Crippen LogP contribution is 2.36. The molecule has 2 aliphatic rings. The fraction of sp³-hybridized carbons (Fsp3) is 0. The van der Waals surface area contributed by atoms with Crippen LogP contribution in [0.1, 0.15) is 22.3 Å². The molecule has 0 atom stereocenters. The van der Waals surface area contributed by atoms with Crippen LogP contribution < -0.4 is 0 Å². The highest BCUT2D eigenvalue weighted by molar-refractivity contribution is 6.04. The Bertz CT molecular complexity index is 822. The average molecular weight is 282 g/mol.